The molecule has 0 aromatic heterocycles. The van der Waals surface area contributed by atoms with E-state index in [1.54, 1.807) is 0 Å². The maximum atomic E-state index is 13.4. The van der Waals surface area contributed by atoms with Crippen LogP contribution in [0, 0.1) is 11.6 Å². The minimum atomic E-state index is -1.25. The van der Waals surface area contributed by atoms with Crippen LogP contribution in [-0.2, 0) is 0 Å². The molecular formula is C14H10F2O3. The molecule has 0 fully saturated rings. The normalized spacial score (nSPS) is 10.3. The zero-order valence-electron chi connectivity index (χ0n) is 9.98. The number of hydrogen-bond donors (Lipinski definition) is 1. The summed E-state index contributed by atoms with van der Waals surface area (Å²) in [6.07, 6.45) is 0. The second-order valence-electron chi connectivity index (χ2n) is 3.88. The van der Waals surface area contributed by atoms with Gasteiger partial charge in [-0.2, -0.15) is 0 Å². The molecule has 0 aliphatic heterocycles. The van der Waals surface area contributed by atoms with Crippen LogP contribution in [-0.4, -0.2) is 18.2 Å². The first-order valence-corrected chi connectivity index (χ1v) is 5.39. The molecule has 0 saturated heterocycles. The van der Waals surface area contributed by atoms with E-state index in [1.807, 2.05) is 0 Å². The highest BCUT2D eigenvalue weighted by Gasteiger charge is 2.12. The SMILES string of the molecule is COc1ccc(F)cc1-c1cc(F)cc(C(=O)O)c1. The molecule has 19 heavy (non-hydrogen) atoms. The Morgan fingerprint density at radius 3 is 2.47 bits per heavy atom. The van der Waals surface area contributed by atoms with Crippen LogP contribution in [0.4, 0.5) is 8.78 Å². The summed E-state index contributed by atoms with van der Waals surface area (Å²) in [4.78, 5) is 10.9. The number of methoxy groups -OCH3 is 1. The molecule has 1 N–H and O–H groups in total. The van der Waals surface area contributed by atoms with Crippen molar-refractivity contribution >= 4 is 5.97 Å². The van der Waals surface area contributed by atoms with Gasteiger partial charge in [0.1, 0.15) is 17.4 Å². The summed E-state index contributed by atoms with van der Waals surface area (Å²) < 4.78 is 31.7. The maximum Gasteiger partial charge on any atom is 0.335 e. The van der Waals surface area contributed by atoms with Crippen LogP contribution >= 0.6 is 0 Å². The fourth-order valence-corrected chi connectivity index (χ4v) is 1.77. The largest absolute Gasteiger partial charge is 0.496 e. The van der Waals surface area contributed by atoms with Gasteiger partial charge in [-0.05, 0) is 42.0 Å². The lowest BCUT2D eigenvalue weighted by Gasteiger charge is -2.09. The molecule has 0 aliphatic rings. The van der Waals surface area contributed by atoms with Crippen molar-refractivity contribution in [2.45, 2.75) is 0 Å². The van der Waals surface area contributed by atoms with Crippen LogP contribution in [0.5, 0.6) is 5.75 Å². The van der Waals surface area contributed by atoms with Gasteiger partial charge in [0.25, 0.3) is 0 Å². The maximum absolute atomic E-state index is 13.4. The molecule has 0 radical (unpaired) electrons. The highest BCUT2D eigenvalue weighted by atomic mass is 19.1. The van der Waals surface area contributed by atoms with Gasteiger partial charge in [-0.15, -0.1) is 0 Å². The Morgan fingerprint density at radius 1 is 1.11 bits per heavy atom. The second kappa shape index (κ2) is 5.06. The Morgan fingerprint density at radius 2 is 1.84 bits per heavy atom. The summed E-state index contributed by atoms with van der Waals surface area (Å²) >= 11 is 0. The average molecular weight is 264 g/mol. The van der Waals surface area contributed by atoms with E-state index in [-0.39, 0.29) is 11.1 Å². The van der Waals surface area contributed by atoms with Crippen molar-refractivity contribution in [3.63, 3.8) is 0 Å². The number of aromatic carboxylic acids is 1. The fraction of sp³-hybridized carbons (Fsp3) is 0.0714. The Balaban J connectivity index is 2.64. The van der Waals surface area contributed by atoms with Gasteiger partial charge in [-0.3, -0.25) is 0 Å². The standard InChI is InChI=1S/C14H10F2O3/c1-19-13-3-2-10(15)7-12(13)8-4-9(14(17)18)6-11(16)5-8/h2-7H,1H3,(H,17,18). The van der Waals surface area contributed by atoms with E-state index in [4.69, 9.17) is 9.84 Å². The van der Waals surface area contributed by atoms with Gasteiger partial charge in [-0.25, -0.2) is 13.6 Å². The Hall–Kier alpha value is -2.43. The fourth-order valence-electron chi connectivity index (χ4n) is 1.77. The Labute approximate surface area is 108 Å². The quantitative estimate of drug-likeness (QED) is 0.924. The number of hydrogen-bond acceptors (Lipinski definition) is 2. The predicted octanol–water partition coefficient (Wildman–Crippen LogP) is 3.34. The number of ether oxygens (including phenoxy) is 1. The predicted molar refractivity (Wildman–Crippen MR) is 65.3 cm³/mol. The Bertz CT molecular complexity index is 639. The van der Waals surface area contributed by atoms with E-state index in [9.17, 15) is 13.6 Å². The van der Waals surface area contributed by atoms with Gasteiger partial charge in [0, 0.05) is 5.56 Å². The highest BCUT2D eigenvalue weighted by Crippen LogP contribution is 2.31. The van der Waals surface area contributed by atoms with E-state index in [0.29, 0.717) is 11.3 Å². The molecule has 2 aromatic carbocycles. The molecule has 98 valence electrons. The van der Waals surface area contributed by atoms with Crippen LogP contribution in [0.1, 0.15) is 10.4 Å². The lowest BCUT2D eigenvalue weighted by Crippen LogP contribution is -1.98. The van der Waals surface area contributed by atoms with Crippen molar-refractivity contribution in [1.29, 1.82) is 0 Å². The van der Waals surface area contributed by atoms with E-state index in [1.165, 1.54) is 31.4 Å². The van der Waals surface area contributed by atoms with E-state index < -0.39 is 17.6 Å². The molecule has 3 nitrogen and oxygen atoms in total. The molecule has 0 unspecified atom stereocenters. The molecule has 0 spiro atoms. The average Bonchev–Trinajstić information content (AvgIpc) is 2.37. The molecule has 5 heteroatoms. The molecule has 0 amide bonds. The van der Waals surface area contributed by atoms with Gasteiger partial charge in [0.15, 0.2) is 0 Å². The lowest BCUT2D eigenvalue weighted by atomic mass is 10.0. The molecule has 0 heterocycles. The van der Waals surface area contributed by atoms with Crippen molar-refractivity contribution in [1.82, 2.24) is 0 Å². The first kappa shape index (κ1) is 13.0. The number of carboxylic acids is 1. The molecule has 0 bridgehead atoms. The molecule has 0 aliphatic carbocycles. The first-order chi connectivity index (χ1) is 9.01. The summed E-state index contributed by atoms with van der Waals surface area (Å²) in [5, 5.41) is 8.89. The summed E-state index contributed by atoms with van der Waals surface area (Å²) in [6.45, 7) is 0. The summed E-state index contributed by atoms with van der Waals surface area (Å²) in [5.74, 6) is -2.14. The third-order valence-corrected chi connectivity index (χ3v) is 2.62. The molecule has 0 atom stereocenters. The minimum Gasteiger partial charge on any atom is -0.496 e. The highest BCUT2D eigenvalue weighted by molar-refractivity contribution is 5.89. The third-order valence-electron chi connectivity index (χ3n) is 2.62. The molecule has 0 saturated carbocycles. The van der Waals surface area contributed by atoms with E-state index in [2.05, 4.69) is 0 Å². The van der Waals surface area contributed by atoms with Crippen LogP contribution in [0.3, 0.4) is 0 Å². The van der Waals surface area contributed by atoms with Gasteiger partial charge < -0.3 is 9.84 Å². The van der Waals surface area contributed by atoms with Gasteiger partial charge in [0.2, 0.25) is 0 Å². The Kier molecular flexibility index (Phi) is 3.46. The number of rotatable bonds is 3. The molecular weight excluding hydrogens is 254 g/mol. The number of carbonyl (C=O) groups is 1. The first-order valence-electron chi connectivity index (χ1n) is 5.39. The smallest absolute Gasteiger partial charge is 0.335 e. The van der Waals surface area contributed by atoms with Crippen molar-refractivity contribution in [3.8, 4) is 16.9 Å². The van der Waals surface area contributed by atoms with Gasteiger partial charge in [-0.1, -0.05) is 0 Å². The summed E-state index contributed by atoms with van der Waals surface area (Å²) in [7, 11) is 1.40. The van der Waals surface area contributed by atoms with Crippen molar-refractivity contribution in [2.24, 2.45) is 0 Å². The monoisotopic (exact) mass is 264 g/mol. The van der Waals surface area contributed by atoms with Crippen LogP contribution < -0.4 is 4.74 Å². The third kappa shape index (κ3) is 2.70. The summed E-state index contributed by atoms with van der Waals surface area (Å²) in [6, 6.07) is 7.07. The van der Waals surface area contributed by atoms with Gasteiger partial charge >= 0.3 is 5.97 Å². The zero-order chi connectivity index (χ0) is 14.0. The van der Waals surface area contributed by atoms with E-state index >= 15 is 0 Å². The molecule has 2 rings (SSSR count). The van der Waals surface area contributed by atoms with Crippen molar-refractivity contribution in [2.75, 3.05) is 7.11 Å². The lowest BCUT2D eigenvalue weighted by molar-refractivity contribution is 0.0696. The number of benzene rings is 2. The zero-order valence-corrected chi connectivity index (χ0v) is 9.98. The number of carboxylic acid groups (broad SMARTS) is 1. The van der Waals surface area contributed by atoms with Gasteiger partial charge in [0.05, 0.1) is 12.7 Å². The van der Waals surface area contributed by atoms with Crippen LogP contribution in [0.15, 0.2) is 36.4 Å². The van der Waals surface area contributed by atoms with Crippen LogP contribution in [0.2, 0.25) is 0 Å². The van der Waals surface area contributed by atoms with Crippen molar-refractivity contribution in [3.05, 3.63) is 53.6 Å². The number of halogens is 2. The van der Waals surface area contributed by atoms with E-state index in [0.717, 1.165) is 12.1 Å². The van der Waals surface area contributed by atoms with Crippen LogP contribution in [0.25, 0.3) is 11.1 Å². The minimum absolute atomic E-state index is 0.207. The van der Waals surface area contributed by atoms with Crippen molar-refractivity contribution < 1.29 is 23.4 Å². The second-order valence-corrected chi connectivity index (χ2v) is 3.88. The molecule has 2 aromatic rings. The summed E-state index contributed by atoms with van der Waals surface area (Å²) in [5.41, 5.74) is 0.333. The topological polar surface area (TPSA) is 46.5 Å².